The Balaban J connectivity index is 1.67. The van der Waals surface area contributed by atoms with Gasteiger partial charge in [0.25, 0.3) is 5.91 Å². The number of hydrogen-bond donors (Lipinski definition) is 1. The van der Waals surface area contributed by atoms with Gasteiger partial charge in [0.05, 0.1) is 9.88 Å². The number of nitrogens with zero attached hydrogens (tertiary/aromatic N) is 2. The summed E-state index contributed by atoms with van der Waals surface area (Å²) in [5.41, 5.74) is 0.855. The minimum absolute atomic E-state index is 0.0676. The van der Waals surface area contributed by atoms with Crippen LogP contribution in [0.3, 0.4) is 0 Å². The van der Waals surface area contributed by atoms with Crippen LogP contribution in [-0.2, 0) is 0 Å². The van der Waals surface area contributed by atoms with E-state index in [0.717, 1.165) is 31.2 Å². The summed E-state index contributed by atoms with van der Waals surface area (Å²) in [6.07, 6.45) is 0. The molecule has 2 aliphatic heterocycles. The summed E-state index contributed by atoms with van der Waals surface area (Å²) >= 11 is 1.38. The first-order chi connectivity index (χ1) is 11.1. The molecule has 2 saturated heterocycles. The largest absolute Gasteiger partial charge is 0.337 e. The molecule has 1 aromatic heterocycles. The fourth-order valence-corrected chi connectivity index (χ4v) is 4.51. The Labute approximate surface area is 138 Å². The molecule has 6 heteroatoms. The minimum Gasteiger partial charge on any atom is -0.337 e. The molecule has 1 aromatic carbocycles. The monoisotopic (exact) mass is 331 g/mol. The summed E-state index contributed by atoms with van der Waals surface area (Å²) in [6.45, 7) is 5.34. The number of carbonyl (C=O) groups is 1. The number of carbonyl (C=O) groups excluding carboxylic acids is 1. The van der Waals surface area contributed by atoms with Crippen molar-refractivity contribution >= 4 is 17.2 Å². The van der Waals surface area contributed by atoms with E-state index in [-0.39, 0.29) is 11.7 Å². The lowest BCUT2D eigenvalue weighted by atomic mass is 10.0. The molecule has 4 rings (SSSR count). The summed E-state index contributed by atoms with van der Waals surface area (Å²) in [6, 6.07) is 6.57. The number of likely N-dealkylation sites (tertiary alicyclic amines) is 1. The standard InChI is InChI=1S/C17H18FN3OS/c1-10-20-15(16(23-10)13-4-2-3-5-14(13)18)17(22)21-8-11-6-19-7-12(11)9-21/h2-5,11-12,19H,6-9H2,1H3/t11-,12+. The van der Waals surface area contributed by atoms with Crippen LogP contribution >= 0.6 is 11.3 Å². The van der Waals surface area contributed by atoms with Crippen LogP contribution in [0.1, 0.15) is 15.5 Å². The number of halogens is 1. The van der Waals surface area contributed by atoms with Gasteiger partial charge in [-0.2, -0.15) is 0 Å². The van der Waals surface area contributed by atoms with Crippen molar-refractivity contribution < 1.29 is 9.18 Å². The molecule has 2 fully saturated rings. The highest BCUT2D eigenvalue weighted by atomic mass is 32.1. The van der Waals surface area contributed by atoms with Crippen LogP contribution in [0.2, 0.25) is 0 Å². The fraction of sp³-hybridized carbons (Fsp3) is 0.412. The van der Waals surface area contributed by atoms with Crippen LogP contribution in [0.5, 0.6) is 0 Å². The molecule has 0 radical (unpaired) electrons. The van der Waals surface area contributed by atoms with Gasteiger partial charge in [0.15, 0.2) is 0 Å². The van der Waals surface area contributed by atoms with E-state index in [4.69, 9.17) is 0 Å². The SMILES string of the molecule is Cc1nc(C(=O)N2C[C@H]3CNC[C@H]3C2)c(-c2ccccc2F)s1. The van der Waals surface area contributed by atoms with Gasteiger partial charge in [-0.1, -0.05) is 18.2 Å². The number of aromatic nitrogens is 1. The van der Waals surface area contributed by atoms with Gasteiger partial charge >= 0.3 is 0 Å². The summed E-state index contributed by atoms with van der Waals surface area (Å²) < 4.78 is 14.1. The second-order valence-electron chi connectivity index (χ2n) is 6.28. The maximum atomic E-state index is 14.1. The van der Waals surface area contributed by atoms with Crippen molar-refractivity contribution in [3.63, 3.8) is 0 Å². The maximum Gasteiger partial charge on any atom is 0.274 e. The van der Waals surface area contributed by atoms with Gasteiger partial charge < -0.3 is 10.2 Å². The Hall–Kier alpha value is -1.79. The Morgan fingerprint density at radius 2 is 2.00 bits per heavy atom. The second-order valence-corrected chi connectivity index (χ2v) is 7.48. The third kappa shape index (κ3) is 2.56. The van der Waals surface area contributed by atoms with Gasteiger partial charge in [-0.05, 0) is 24.8 Å². The molecular formula is C17H18FN3OS. The molecule has 2 aromatic rings. The Morgan fingerprint density at radius 1 is 1.30 bits per heavy atom. The molecule has 120 valence electrons. The van der Waals surface area contributed by atoms with Gasteiger partial charge in [0, 0.05) is 31.7 Å². The molecule has 0 spiro atoms. The lowest BCUT2D eigenvalue weighted by Gasteiger charge is -2.17. The van der Waals surface area contributed by atoms with E-state index in [2.05, 4.69) is 10.3 Å². The first kappa shape index (κ1) is 14.8. The molecule has 1 N–H and O–H groups in total. The van der Waals surface area contributed by atoms with Crippen molar-refractivity contribution in [1.29, 1.82) is 0 Å². The third-order valence-electron chi connectivity index (χ3n) is 4.73. The zero-order chi connectivity index (χ0) is 16.0. The average molecular weight is 331 g/mol. The molecule has 0 unspecified atom stereocenters. The molecule has 3 heterocycles. The van der Waals surface area contributed by atoms with Crippen LogP contribution in [0.15, 0.2) is 24.3 Å². The Bertz CT molecular complexity index is 748. The van der Waals surface area contributed by atoms with Gasteiger partial charge in [-0.3, -0.25) is 4.79 Å². The average Bonchev–Trinajstić information content (AvgIpc) is 3.20. The molecule has 0 saturated carbocycles. The molecule has 0 aliphatic carbocycles. The van der Waals surface area contributed by atoms with E-state index in [1.165, 1.54) is 17.4 Å². The normalized spacial score (nSPS) is 23.3. The van der Waals surface area contributed by atoms with E-state index >= 15 is 0 Å². The predicted octanol–water partition coefficient (Wildman–Crippen LogP) is 2.55. The summed E-state index contributed by atoms with van der Waals surface area (Å²) in [5.74, 6) is 0.695. The van der Waals surface area contributed by atoms with Crippen LogP contribution in [-0.4, -0.2) is 42.0 Å². The highest BCUT2D eigenvalue weighted by molar-refractivity contribution is 7.15. The molecule has 2 atom stereocenters. The molecule has 0 bridgehead atoms. The minimum atomic E-state index is -0.312. The smallest absolute Gasteiger partial charge is 0.274 e. The molecule has 2 aliphatic rings. The number of amides is 1. The van der Waals surface area contributed by atoms with Crippen LogP contribution in [0, 0.1) is 24.6 Å². The molecular weight excluding hydrogens is 313 g/mol. The van der Waals surface area contributed by atoms with Crippen LogP contribution in [0.25, 0.3) is 10.4 Å². The van der Waals surface area contributed by atoms with Crippen molar-refractivity contribution in [3.05, 3.63) is 40.8 Å². The van der Waals surface area contributed by atoms with Gasteiger partial charge in [-0.15, -0.1) is 11.3 Å². The maximum absolute atomic E-state index is 14.1. The van der Waals surface area contributed by atoms with Gasteiger partial charge in [-0.25, -0.2) is 9.37 Å². The zero-order valence-electron chi connectivity index (χ0n) is 12.9. The van der Waals surface area contributed by atoms with E-state index in [1.807, 2.05) is 11.8 Å². The first-order valence-corrected chi connectivity index (χ1v) is 8.67. The van der Waals surface area contributed by atoms with Crippen LogP contribution in [0.4, 0.5) is 4.39 Å². The van der Waals surface area contributed by atoms with E-state index < -0.39 is 0 Å². The highest BCUT2D eigenvalue weighted by Crippen LogP contribution is 2.34. The lowest BCUT2D eigenvalue weighted by molar-refractivity contribution is 0.0777. The van der Waals surface area contributed by atoms with Crippen molar-refractivity contribution in [1.82, 2.24) is 15.2 Å². The topological polar surface area (TPSA) is 45.2 Å². The summed E-state index contributed by atoms with van der Waals surface area (Å²) in [4.78, 5) is 19.9. The Morgan fingerprint density at radius 3 is 2.70 bits per heavy atom. The number of fused-ring (bicyclic) bond motifs is 1. The quantitative estimate of drug-likeness (QED) is 0.920. The summed E-state index contributed by atoms with van der Waals surface area (Å²) in [5, 5.41) is 4.16. The van der Waals surface area contributed by atoms with Crippen LogP contribution < -0.4 is 5.32 Å². The third-order valence-corrected chi connectivity index (χ3v) is 5.74. The lowest BCUT2D eigenvalue weighted by Crippen LogP contribution is -2.32. The van der Waals surface area contributed by atoms with E-state index in [1.54, 1.807) is 18.2 Å². The fourth-order valence-electron chi connectivity index (χ4n) is 3.57. The van der Waals surface area contributed by atoms with Gasteiger partial charge in [0.2, 0.25) is 0 Å². The number of aryl methyl sites for hydroxylation is 1. The Kier molecular flexibility index (Phi) is 3.66. The van der Waals surface area contributed by atoms with E-state index in [9.17, 15) is 9.18 Å². The number of nitrogens with one attached hydrogen (secondary N) is 1. The zero-order valence-corrected chi connectivity index (χ0v) is 13.7. The van der Waals surface area contributed by atoms with Crippen molar-refractivity contribution in [3.8, 4) is 10.4 Å². The number of hydrogen-bond acceptors (Lipinski definition) is 4. The number of benzene rings is 1. The predicted molar refractivity (Wildman–Crippen MR) is 88.0 cm³/mol. The van der Waals surface area contributed by atoms with Gasteiger partial charge in [0.1, 0.15) is 11.5 Å². The summed E-state index contributed by atoms with van der Waals surface area (Å²) in [7, 11) is 0. The van der Waals surface area contributed by atoms with E-state index in [0.29, 0.717) is 28.0 Å². The number of thiazole rings is 1. The van der Waals surface area contributed by atoms with Crippen molar-refractivity contribution in [2.75, 3.05) is 26.2 Å². The highest BCUT2D eigenvalue weighted by Gasteiger charge is 2.39. The first-order valence-electron chi connectivity index (χ1n) is 7.86. The molecule has 23 heavy (non-hydrogen) atoms. The molecule has 4 nitrogen and oxygen atoms in total. The van der Waals surface area contributed by atoms with Crippen molar-refractivity contribution in [2.24, 2.45) is 11.8 Å². The molecule has 1 amide bonds. The van der Waals surface area contributed by atoms with Crippen molar-refractivity contribution in [2.45, 2.75) is 6.92 Å². The number of rotatable bonds is 2. The second kappa shape index (κ2) is 5.69.